The van der Waals surface area contributed by atoms with Gasteiger partial charge in [-0.05, 0) is 24.3 Å². The fourth-order valence-electron chi connectivity index (χ4n) is 1.79. The van der Waals surface area contributed by atoms with Crippen molar-refractivity contribution in [2.75, 3.05) is 0 Å². The molecule has 0 atom stereocenters. The molecule has 19 heavy (non-hydrogen) atoms. The predicted octanol–water partition coefficient (Wildman–Crippen LogP) is 3.44. The summed E-state index contributed by atoms with van der Waals surface area (Å²) in [5.41, 5.74) is 1.37. The van der Waals surface area contributed by atoms with Crippen LogP contribution in [0.15, 0.2) is 36.4 Å². The van der Waals surface area contributed by atoms with E-state index in [1.807, 2.05) is 0 Å². The van der Waals surface area contributed by atoms with Crippen LogP contribution in [0.3, 0.4) is 0 Å². The number of aromatic nitrogens is 3. The van der Waals surface area contributed by atoms with Gasteiger partial charge in [-0.2, -0.15) is 13.2 Å². The number of hydrogen-bond acceptors (Lipinski definition) is 2. The molecule has 2 heterocycles. The van der Waals surface area contributed by atoms with Crippen LogP contribution >= 0.6 is 0 Å². The molecular formula is C13H7F3N3. The third kappa shape index (κ3) is 2.16. The van der Waals surface area contributed by atoms with E-state index in [1.54, 1.807) is 18.2 Å². The van der Waals surface area contributed by atoms with Gasteiger partial charge in [0.25, 0.3) is 0 Å². The van der Waals surface area contributed by atoms with E-state index in [2.05, 4.69) is 21.3 Å². The number of fused-ring (bicyclic) bond motifs is 1. The lowest BCUT2D eigenvalue weighted by Gasteiger charge is -2.07. The highest BCUT2D eigenvalue weighted by Crippen LogP contribution is 2.29. The van der Waals surface area contributed by atoms with Crippen molar-refractivity contribution in [1.82, 2.24) is 15.0 Å². The number of benzene rings is 1. The van der Waals surface area contributed by atoms with Gasteiger partial charge in [0.2, 0.25) is 0 Å². The minimum Gasteiger partial charge on any atom is -0.335 e. The molecule has 0 amide bonds. The van der Waals surface area contributed by atoms with Crippen LogP contribution in [0.5, 0.6) is 0 Å². The van der Waals surface area contributed by atoms with E-state index in [0.29, 0.717) is 16.6 Å². The second-order valence-electron chi connectivity index (χ2n) is 3.99. The van der Waals surface area contributed by atoms with E-state index in [1.165, 1.54) is 12.1 Å². The van der Waals surface area contributed by atoms with Gasteiger partial charge in [0.1, 0.15) is 5.69 Å². The first-order valence-electron chi connectivity index (χ1n) is 5.44. The Hall–Kier alpha value is -2.37. The molecule has 0 aliphatic carbocycles. The van der Waals surface area contributed by atoms with Gasteiger partial charge in [0.15, 0.2) is 6.33 Å². The Morgan fingerprint density at radius 2 is 1.95 bits per heavy atom. The zero-order valence-corrected chi connectivity index (χ0v) is 9.49. The number of pyridine rings is 1. The van der Waals surface area contributed by atoms with Crippen LogP contribution < -0.4 is 0 Å². The molecule has 0 fully saturated rings. The average Bonchev–Trinajstić information content (AvgIpc) is 2.85. The number of alkyl halides is 3. The maximum absolute atomic E-state index is 12.6. The Bertz CT molecular complexity index is 731. The lowest BCUT2D eigenvalue weighted by Crippen LogP contribution is -2.07. The van der Waals surface area contributed by atoms with Crippen LogP contribution in [0.2, 0.25) is 0 Å². The van der Waals surface area contributed by atoms with Crippen LogP contribution in [0, 0.1) is 6.33 Å². The van der Waals surface area contributed by atoms with Gasteiger partial charge in [-0.15, -0.1) is 0 Å². The molecule has 0 aliphatic heterocycles. The third-order valence-electron chi connectivity index (χ3n) is 2.70. The molecule has 0 aliphatic rings. The summed E-state index contributed by atoms with van der Waals surface area (Å²) >= 11 is 0. The predicted molar refractivity (Wildman–Crippen MR) is 63.2 cm³/mol. The van der Waals surface area contributed by atoms with Gasteiger partial charge in [0, 0.05) is 5.56 Å². The fourth-order valence-corrected chi connectivity index (χ4v) is 1.79. The van der Waals surface area contributed by atoms with E-state index < -0.39 is 11.9 Å². The normalized spacial score (nSPS) is 11.9. The molecule has 3 aromatic rings. The number of halogens is 3. The Morgan fingerprint density at radius 1 is 1.11 bits per heavy atom. The second-order valence-corrected chi connectivity index (χ2v) is 3.99. The lowest BCUT2D eigenvalue weighted by atomic mass is 10.1. The Morgan fingerprint density at radius 3 is 2.74 bits per heavy atom. The van der Waals surface area contributed by atoms with E-state index in [0.717, 1.165) is 6.07 Å². The summed E-state index contributed by atoms with van der Waals surface area (Å²) in [4.78, 5) is 10.4. The number of hydrogen-bond donors (Lipinski definition) is 1. The van der Waals surface area contributed by atoms with Crippen LogP contribution in [-0.2, 0) is 6.18 Å². The zero-order valence-electron chi connectivity index (χ0n) is 9.49. The van der Waals surface area contributed by atoms with Crippen molar-refractivity contribution >= 4 is 11.0 Å². The molecule has 0 saturated carbocycles. The zero-order chi connectivity index (χ0) is 13.5. The number of aromatic amines is 1. The molecule has 0 unspecified atom stereocenters. The molecule has 2 aromatic heterocycles. The highest BCUT2D eigenvalue weighted by Gasteiger charge is 2.32. The van der Waals surface area contributed by atoms with E-state index >= 15 is 0 Å². The van der Waals surface area contributed by atoms with Crippen molar-refractivity contribution in [2.45, 2.75) is 6.18 Å². The van der Waals surface area contributed by atoms with Crippen LogP contribution in [0.4, 0.5) is 13.2 Å². The molecule has 0 bridgehead atoms. The summed E-state index contributed by atoms with van der Waals surface area (Å²) in [5, 5.41) is 0. The van der Waals surface area contributed by atoms with Crippen molar-refractivity contribution in [3.8, 4) is 11.3 Å². The molecule has 1 aromatic carbocycles. The summed E-state index contributed by atoms with van der Waals surface area (Å²) in [6, 6.07) is 8.91. The van der Waals surface area contributed by atoms with Crippen molar-refractivity contribution < 1.29 is 13.2 Å². The number of rotatable bonds is 1. The highest BCUT2D eigenvalue weighted by molar-refractivity contribution is 5.80. The summed E-state index contributed by atoms with van der Waals surface area (Å²) in [6.45, 7) is 0. The lowest BCUT2D eigenvalue weighted by molar-refractivity contribution is -0.141. The number of imidazole rings is 1. The number of nitrogens with zero attached hydrogens (tertiary/aromatic N) is 2. The van der Waals surface area contributed by atoms with Crippen LogP contribution in [0.25, 0.3) is 22.3 Å². The maximum Gasteiger partial charge on any atom is 0.433 e. The minimum absolute atomic E-state index is 0.270. The standard InChI is InChI=1S/C13H7F3N3/c14-13(15,16)12-3-1-2-9(19-12)8-4-5-10-11(6-8)18-7-17-10/h1-6H,(H,17,18). The SMILES string of the molecule is FC(F)(F)c1cccc(-c2ccc3n[c][nH]c3c2)n1. The topological polar surface area (TPSA) is 41.6 Å². The van der Waals surface area contributed by atoms with E-state index in [4.69, 9.17) is 0 Å². The minimum atomic E-state index is -4.44. The van der Waals surface area contributed by atoms with Crippen molar-refractivity contribution in [1.29, 1.82) is 0 Å². The third-order valence-corrected chi connectivity index (χ3v) is 2.70. The molecule has 0 spiro atoms. The van der Waals surface area contributed by atoms with Gasteiger partial charge in [-0.25, -0.2) is 9.97 Å². The Labute approximate surface area is 106 Å². The molecule has 0 saturated heterocycles. The van der Waals surface area contributed by atoms with Crippen molar-refractivity contribution in [3.05, 3.63) is 48.4 Å². The Balaban J connectivity index is 2.10. The quantitative estimate of drug-likeness (QED) is 0.729. The number of nitrogens with one attached hydrogen (secondary N) is 1. The first kappa shape index (κ1) is 11.7. The Kier molecular flexibility index (Phi) is 2.51. The molecule has 3 rings (SSSR count). The molecule has 3 nitrogen and oxygen atoms in total. The summed E-state index contributed by atoms with van der Waals surface area (Å²) in [7, 11) is 0. The average molecular weight is 262 g/mol. The van der Waals surface area contributed by atoms with Gasteiger partial charge in [0.05, 0.1) is 16.7 Å². The summed E-state index contributed by atoms with van der Waals surface area (Å²) in [5.74, 6) is 0. The second kappa shape index (κ2) is 4.08. The van der Waals surface area contributed by atoms with Crippen molar-refractivity contribution in [3.63, 3.8) is 0 Å². The fraction of sp³-hybridized carbons (Fsp3) is 0.0769. The van der Waals surface area contributed by atoms with Crippen LogP contribution in [0.1, 0.15) is 5.69 Å². The van der Waals surface area contributed by atoms with Crippen LogP contribution in [-0.4, -0.2) is 15.0 Å². The van der Waals surface area contributed by atoms with Crippen molar-refractivity contribution in [2.24, 2.45) is 0 Å². The molecule has 6 heteroatoms. The molecule has 1 radical (unpaired) electrons. The highest BCUT2D eigenvalue weighted by atomic mass is 19.4. The number of H-pyrrole nitrogens is 1. The van der Waals surface area contributed by atoms with Gasteiger partial charge < -0.3 is 4.98 Å². The van der Waals surface area contributed by atoms with E-state index in [-0.39, 0.29) is 5.69 Å². The maximum atomic E-state index is 12.6. The monoisotopic (exact) mass is 262 g/mol. The van der Waals surface area contributed by atoms with Gasteiger partial charge in [-0.1, -0.05) is 12.1 Å². The van der Waals surface area contributed by atoms with E-state index in [9.17, 15) is 13.2 Å². The van der Waals surface area contributed by atoms with Gasteiger partial charge >= 0.3 is 6.18 Å². The first-order valence-corrected chi connectivity index (χ1v) is 5.44. The molecule has 95 valence electrons. The first-order chi connectivity index (χ1) is 9.04. The molecule has 1 N–H and O–H groups in total. The summed E-state index contributed by atoms with van der Waals surface area (Å²) < 4.78 is 37.8. The summed E-state index contributed by atoms with van der Waals surface area (Å²) in [6.07, 6.45) is -1.87. The molecular weight excluding hydrogens is 255 g/mol. The smallest absolute Gasteiger partial charge is 0.335 e. The largest absolute Gasteiger partial charge is 0.433 e. The van der Waals surface area contributed by atoms with Gasteiger partial charge in [-0.3, -0.25) is 0 Å².